The van der Waals surface area contributed by atoms with Gasteiger partial charge in [0.15, 0.2) is 0 Å². The first-order chi connectivity index (χ1) is 8.04. The van der Waals surface area contributed by atoms with Gasteiger partial charge in [0, 0.05) is 18.2 Å². The van der Waals surface area contributed by atoms with Crippen molar-refractivity contribution < 1.29 is 0 Å². The van der Waals surface area contributed by atoms with Crippen LogP contribution in [0.1, 0.15) is 46.1 Å². The van der Waals surface area contributed by atoms with Crippen LogP contribution >= 0.6 is 0 Å². The lowest BCUT2D eigenvalue weighted by molar-refractivity contribution is 0.508. The van der Waals surface area contributed by atoms with E-state index in [4.69, 9.17) is 0 Å². The van der Waals surface area contributed by atoms with E-state index < -0.39 is 0 Å². The molecule has 4 heteroatoms. The number of hydrogen-bond acceptors (Lipinski definition) is 4. The Bertz CT molecular complexity index is 360. The van der Waals surface area contributed by atoms with Gasteiger partial charge in [0.25, 0.3) is 0 Å². The molecule has 0 saturated heterocycles. The molecule has 4 nitrogen and oxygen atoms in total. The van der Waals surface area contributed by atoms with Crippen LogP contribution in [0.15, 0.2) is 6.33 Å². The number of anilines is 2. The number of aromatic nitrogens is 2. The number of hydrogen-bond donors (Lipinski definition) is 2. The van der Waals surface area contributed by atoms with Gasteiger partial charge in [-0.05, 0) is 26.7 Å². The second-order valence-corrected chi connectivity index (χ2v) is 4.91. The molecule has 1 rings (SSSR count). The van der Waals surface area contributed by atoms with Gasteiger partial charge in [-0.25, -0.2) is 9.97 Å². The molecule has 1 aromatic rings. The summed E-state index contributed by atoms with van der Waals surface area (Å²) >= 11 is 0. The van der Waals surface area contributed by atoms with Gasteiger partial charge in [-0.3, -0.25) is 0 Å². The number of rotatable bonds is 6. The van der Waals surface area contributed by atoms with Crippen LogP contribution in [0.4, 0.5) is 11.6 Å². The van der Waals surface area contributed by atoms with E-state index in [1.54, 1.807) is 6.33 Å². The Morgan fingerprint density at radius 2 is 1.82 bits per heavy atom. The number of nitrogens with zero attached hydrogens (tertiary/aromatic N) is 2. The molecule has 0 aliphatic carbocycles. The van der Waals surface area contributed by atoms with E-state index >= 15 is 0 Å². The van der Waals surface area contributed by atoms with Crippen LogP contribution < -0.4 is 10.6 Å². The molecule has 1 aromatic heterocycles. The Morgan fingerprint density at radius 3 is 2.35 bits per heavy atom. The molecule has 0 atom stereocenters. The van der Waals surface area contributed by atoms with Gasteiger partial charge in [0.2, 0.25) is 0 Å². The second kappa shape index (κ2) is 5.84. The molecule has 0 aromatic carbocycles. The van der Waals surface area contributed by atoms with Crippen molar-refractivity contribution in [3.63, 3.8) is 0 Å². The van der Waals surface area contributed by atoms with Crippen LogP contribution in [0.3, 0.4) is 0 Å². The maximum Gasteiger partial charge on any atom is 0.135 e. The first-order valence-electron chi connectivity index (χ1n) is 6.33. The summed E-state index contributed by atoms with van der Waals surface area (Å²) in [6.45, 7) is 8.73. The van der Waals surface area contributed by atoms with Crippen molar-refractivity contribution in [2.45, 2.75) is 52.5 Å². The zero-order valence-corrected chi connectivity index (χ0v) is 11.6. The van der Waals surface area contributed by atoms with Crippen LogP contribution in [0, 0.1) is 0 Å². The fourth-order valence-electron chi connectivity index (χ4n) is 2.08. The fraction of sp³-hybridized carbons (Fsp3) is 0.692. The third-order valence-corrected chi connectivity index (χ3v) is 2.87. The molecule has 2 N–H and O–H groups in total. The standard InChI is InChI=1S/C13H24N4/c1-6-8-13(3,4)17-12-10(7-2)11(14-5)15-9-16-12/h9H,6-8H2,1-5H3,(H2,14,15,16,17). The highest BCUT2D eigenvalue weighted by Gasteiger charge is 2.19. The highest BCUT2D eigenvalue weighted by Crippen LogP contribution is 2.24. The van der Waals surface area contributed by atoms with E-state index in [1.165, 1.54) is 0 Å². The summed E-state index contributed by atoms with van der Waals surface area (Å²) in [6, 6.07) is 0. The molecular weight excluding hydrogens is 212 g/mol. The molecule has 96 valence electrons. The fourth-order valence-corrected chi connectivity index (χ4v) is 2.08. The van der Waals surface area contributed by atoms with Crippen LogP contribution in [0.2, 0.25) is 0 Å². The third kappa shape index (κ3) is 3.58. The Balaban J connectivity index is 2.98. The van der Waals surface area contributed by atoms with E-state index in [0.717, 1.165) is 36.5 Å². The zero-order valence-electron chi connectivity index (χ0n) is 11.6. The molecule has 17 heavy (non-hydrogen) atoms. The maximum absolute atomic E-state index is 4.36. The first-order valence-corrected chi connectivity index (χ1v) is 6.33. The van der Waals surface area contributed by atoms with Crippen LogP contribution in [0.25, 0.3) is 0 Å². The van der Waals surface area contributed by atoms with Crippen molar-refractivity contribution in [2.24, 2.45) is 0 Å². The van der Waals surface area contributed by atoms with Gasteiger partial charge in [-0.15, -0.1) is 0 Å². The van der Waals surface area contributed by atoms with Gasteiger partial charge in [0.1, 0.15) is 18.0 Å². The van der Waals surface area contributed by atoms with Crippen molar-refractivity contribution in [3.8, 4) is 0 Å². The summed E-state index contributed by atoms with van der Waals surface area (Å²) < 4.78 is 0. The third-order valence-electron chi connectivity index (χ3n) is 2.87. The lowest BCUT2D eigenvalue weighted by Gasteiger charge is -2.27. The number of nitrogens with one attached hydrogen (secondary N) is 2. The smallest absolute Gasteiger partial charge is 0.135 e. The molecule has 0 amide bonds. The predicted octanol–water partition coefficient (Wildman–Crippen LogP) is 3.07. The minimum atomic E-state index is 0.0675. The lowest BCUT2D eigenvalue weighted by atomic mass is 9.98. The topological polar surface area (TPSA) is 49.8 Å². The van der Waals surface area contributed by atoms with E-state index in [-0.39, 0.29) is 5.54 Å². The minimum Gasteiger partial charge on any atom is -0.373 e. The highest BCUT2D eigenvalue weighted by molar-refractivity contribution is 5.57. The van der Waals surface area contributed by atoms with Crippen LogP contribution in [-0.2, 0) is 6.42 Å². The molecule has 0 unspecified atom stereocenters. The van der Waals surface area contributed by atoms with Gasteiger partial charge in [-0.1, -0.05) is 20.3 Å². The summed E-state index contributed by atoms with van der Waals surface area (Å²) in [4.78, 5) is 8.61. The predicted molar refractivity (Wildman–Crippen MR) is 73.6 cm³/mol. The van der Waals surface area contributed by atoms with E-state index in [2.05, 4.69) is 48.3 Å². The van der Waals surface area contributed by atoms with E-state index in [0.29, 0.717) is 0 Å². The Hall–Kier alpha value is -1.32. The van der Waals surface area contributed by atoms with Crippen molar-refractivity contribution in [1.29, 1.82) is 0 Å². The molecule has 0 bridgehead atoms. The molecule has 0 saturated carbocycles. The minimum absolute atomic E-state index is 0.0675. The van der Waals surface area contributed by atoms with Crippen molar-refractivity contribution >= 4 is 11.6 Å². The quantitative estimate of drug-likeness (QED) is 0.797. The largest absolute Gasteiger partial charge is 0.373 e. The van der Waals surface area contributed by atoms with E-state index in [1.807, 2.05) is 7.05 Å². The summed E-state index contributed by atoms with van der Waals surface area (Å²) in [6.07, 6.45) is 4.80. The van der Waals surface area contributed by atoms with Crippen LogP contribution in [0.5, 0.6) is 0 Å². The molecule has 0 aliphatic rings. The first kappa shape index (κ1) is 13.7. The van der Waals surface area contributed by atoms with Gasteiger partial charge < -0.3 is 10.6 Å². The molecule has 0 fully saturated rings. The maximum atomic E-state index is 4.36. The second-order valence-electron chi connectivity index (χ2n) is 4.91. The van der Waals surface area contributed by atoms with Gasteiger partial charge in [-0.2, -0.15) is 0 Å². The van der Waals surface area contributed by atoms with Gasteiger partial charge in [0.05, 0.1) is 0 Å². The molecular formula is C13H24N4. The summed E-state index contributed by atoms with van der Waals surface area (Å²) in [5.41, 5.74) is 1.22. The molecule has 1 heterocycles. The summed E-state index contributed by atoms with van der Waals surface area (Å²) in [5.74, 6) is 1.86. The Kier molecular flexibility index (Phi) is 4.73. The highest BCUT2D eigenvalue weighted by atomic mass is 15.1. The Morgan fingerprint density at radius 1 is 1.18 bits per heavy atom. The summed E-state index contributed by atoms with van der Waals surface area (Å²) in [7, 11) is 1.89. The van der Waals surface area contributed by atoms with Crippen LogP contribution in [-0.4, -0.2) is 22.6 Å². The molecule has 0 aliphatic heterocycles. The van der Waals surface area contributed by atoms with Crippen molar-refractivity contribution in [3.05, 3.63) is 11.9 Å². The van der Waals surface area contributed by atoms with Crippen molar-refractivity contribution in [1.82, 2.24) is 9.97 Å². The summed E-state index contributed by atoms with van der Waals surface area (Å²) in [5, 5.41) is 6.64. The monoisotopic (exact) mass is 236 g/mol. The average Bonchev–Trinajstić information content (AvgIpc) is 2.27. The SMILES string of the molecule is CCCC(C)(C)Nc1ncnc(NC)c1CC. The van der Waals surface area contributed by atoms with E-state index in [9.17, 15) is 0 Å². The van der Waals surface area contributed by atoms with Gasteiger partial charge >= 0.3 is 0 Å². The normalized spacial score (nSPS) is 11.4. The zero-order chi connectivity index (χ0) is 12.9. The Labute approximate surface area is 104 Å². The average molecular weight is 236 g/mol. The van der Waals surface area contributed by atoms with Crippen molar-refractivity contribution in [2.75, 3.05) is 17.7 Å². The molecule has 0 radical (unpaired) electrons. The molecule has 0 spiro atoms. The lowest BCUT2D eigenvalue weighted by Crippen LogP contribution is -2.31.